The molecule has 0 spiro atoms. The van der Waals surface area contributed by atoms with E-state index in [9.17, 15) is 22.8 Å². The molecule has 2 N–H and O–H groups in total. The number of amides is 3. The second kappa shape index (κ2) is 9.20. The summed E-state index contributed by atoms with van der Waals surface area (Å²) in [6.07, 6.45) is -2.71. The van der Waals surface area contributed by atoms with E-state index in [2.05, 4.69) is 16.7 Å². The standard InChI is InChI=1S/C23H25F3N4O2/c24-23(25,26)18-7-3-4-8-20(18)27-21(31)15-29-11-13-30(14-12-29)22(32)28-19-10-9-16-5-1-2-6-17(16)19/h1-8,19H,9-15H2,(H,27,31)(H,28,32)/t19-/m0/s1. The molecule has 32 heavy (non-hydrogen) atoms. The molecule has 0 aromatic heterocycles. The lowest BCUT2D eigenvalue weighted by atomic mass is 10.1. The minimum absolute atomic E-state index is 0.0104. The predicted octanol–water partition coefficient (Wildman–Crippen LogP) is 3.66. The molecule has 6 nitrogen and oxygen atoms in total. The summed E-state index contributed by atoms with van der Waals surface area (Å²) in [6.45, 7) is 1.82. The van der Waals surface area contributed by atoms with Crippen LogP contribution >= 0.6 is 0 Å². The third kappa shape index (κ3) is 5.04. The number of anilines is 1. The summed E-state index contributed by atoms with van der Waals surface area (Å²) in [6, 6.07) is 12.9. The van der Waals surface area contributed by atoms with E-state index in [4.69, 9.17) is 0 Å². The van der Waals surface area contributed by atoms with Gasteiger partial charge in [-0.05, 0) is 36.1 Å². The molecule has 9 heteroatoms. The Kier molecular flexibility index (Phi) is 6.36. The average Bonchev–Trinajstić information content (AvgIpc) is 3.16. The van der Waals surface area contributed by atoms with Crippen molar-refractivity contribution in [1.82, 2.24) is 15.1 Å². The van der Waals surface area contributed by atoms with E-state index in [-0.39, 0.29) is 24.3 Å². The molecule has 0 bridgehead atoms. The van der Waals surface area contributed by atoms with Crippen LogP contribution < -0.4 is 10.6 Å². The number of para-hydroxylation sites is 1. The molecule has 2 aliphatic rings. The average molecular weight is 446 g/mol. The topological polar surface area (TPSA) is 64.7 Å². The Morgan fingerprint density at radius 3 is 2.41 bits per heavy atom. The van der Waals surface area contributed by atoms with Gasteiger partial charge in [0.05, 0.1) is 23.8 Å². The molecule has 0 radical (unpaired) electrons. The first-order chi connectivity index (χ1) is 15.3. The lowest BCUT2D eigenvalue weighted by molar-refractivity contribution is -0.137. The van der Waals surface area contributed by atoms with Crippen molar-refractivity contribution in [1.29, 1.82) is 0 Å². The number of fused-ring (bicyclic) bond motifs is 1. The van der Waals surface area contributed by atoms with Crippen molar-refractivity contribution in [2.45, 2.75) is 25.1 Å². The molecule has 2 aromatic carbocycles. The molecule has 1 saturated heterocycles. The number of urea groups is 1. The summed E-state index contributed by atoms with van der Waals surface area (Å²) in [5, 5.41) is 5.46. The Balaban J connectivity index is 1.26. The normalized spacial score (nSPS) is 18.8. The molecule has 1 atom stereocenters. The van der Waals surface area contributed by atoms with Gasteiger partial charge in [-0.25, -0.2) is 4.79 Å². The van der Waals surface area contributed by atoms with E-state index < -0.39 is 17.6 Å². The van der Waals surface area contributed by atoms with Crippen LogP contribution in [0.4, 0.5) is 23.7 Å². The molecule has 1 aliphatic heterocycles. The molecule has 3 amide bonds. The molecule has 1 aliphatic carbocycles. The third-order valence-electron chi connectivity index (χ3n) is 5.96. The fourth-order valence-electron chi connectivity index (χ4n) is 4.29. The summed E-state index contributed by atoms with van der Waals surface area (Å²) in [4.78, 5) is 28.5. The third-order valence-corrected chi connectivity index (χ3v) is 5.96. The lowest BCUT2D eigenvalue weighted by Gasteiger charge is -2.35. The minimum Gasteiger partial charge on any atom is -0.331 e. The predicted molar refractivity (Wildman–Crippen MR) is 114 cm³/mol. The van der Waals surface area contributed by atoms with Crippen LogP contribution in [0.5, 0.6) is 0 Å². The van der Waals surface area contributed by atoms with Gasteiger partial charge < -0.3 is 15.5 Å². The highest BCUT2D eigenvalue weighted by Crippen LogP contribution is 2.34. The summed E-state index contributed by atoms with van der Waals surface area (Å²) < 4.78 is 39.3. The number of nitrogens with one attached hydrogen (secondary N) is 2. The van der Waals surface area contributed by atoms with Crippen LogP contribution in [0.3, 0.4) is 0 Å². The van der Waals surface area contributed by atoms with Crippen LogP contribution in [-0.4, -0.2) is 54.5 Å². The number of aryl methyl sites for hydroxylation is 1. The summed E-state index contributed by atoms with van der Waals surface area (Å²) in [5.41, 5.74) is 1.30. The smallest absolute Gasteiger partial charge is 0.331 e. The van der Waals surface area contributed by atoms with Crippen LogP contribution in [0.25, 0.3) is 0 Å². The number of halogens is 3. The molecule has 0 unspecified atom stereocenters. The zero-order valence-corrected chi connectivity index (χ0v) is 17.5. The second-order valence-corrected chi connectivity index (χ2v) is 8.09. The summed E-state index contributed by atoms with van der Waals surface area (Å²) in [7, 11) is 0. The molecule has 4 rings (SSSR count). The monoisotopic (exact) mass is 446 g/mol. The highest BCUT2D eigenvalue weighted by atomic mass is 19.4. The van der Waals surface area contributed by atoms with Gasteiger partial charge in [-0.3, -0.25) is 9.69 Å². The Bertz CT molecular complexity index is 987. The Morgan fingerprint density at radius 2 is 1.66 bits per heavy atom. The number of carbonyl (C=O) groups excluding carboxylic acids is 2. The zero-order valence-electron chi connectivity index (χ0n) is 17.5. The van der Waals surface area contributed by atoms with Gasteiger partial charge in [-0.2, -0.15) is 13.2 Å². The largest absolute Gasteiger partial charge is 0.418 e. The van der Waals surface area contributed by atoms with Crippen molar-refractivity contribution < 1.29 is 22.8 Å². The number of nitrogens with zero attached hydrogens (tertiary/aromatic N) is 2. The highest BCUT2D eigenvalue weighted by molar-refractivity contribution is 5.93. The van der Waals surface area contributed by atoms with Gasteiger partial charge in [0, 0.05) is 26.2 Å². The maximum Gasteiger partial charge on any atom is 0.418 e. The number of hydrogen-bond acceptors (Lipinski definition) is 3. The van der Waals surface area contributed by atoms with Crippen LogP contribution in [0.1, 0.15) is 29.2 Å². The van der Waals surface area contributed by atoms with Crippen LogP contribution in [0, 0.1) is 0 Å². The summed E-state index contributed by atoms with van der Waals surface area (Å²) >= 11 is 0. The van der Waals surface area contributed by atoms with E-state index in [1.54, 1.807) is 4.90 Å². The number of carbonyl (C=O) groups is 2. The van der Waals surface area contributed by atoms with Crippen LogP contribution in [-0.2, 0) is 17.4 Å². The Morgan fingerprint density at radius 1 is 0.969 bits per heavy atom. The first-order valence-corrected chi connectivity index (χ1v) is 10.6. The van der Waals surface area contributed by atoms with Crippen molar-refractivity contribution in [3.8, 4) is 0 Å². The maximum absolute atomic E-state index is 13.1. The molecular formula is C23H25F3N4O2. The van der Waals surface area contributed by atoms with Crippen molar-refractivity contribution in [3.05, 3.63) is 65.2 Å². The summed E-state index contributed by atoms with van der Waals surface area (Å²) in [5.74, 6) is -0.512. The number of piperazine rings is 1. The van der Waals surface area contributed by atoms with Crippen molar-refractivity contribution in [3.63, 3.8) is 0 Å². The van der Waals surface area contributed by atoms with Gasteiger partial charge in [0.15, 0.2) is 0 Å². The van der Waals surface area contributed by atoms with Crippen LogP contribution in [0.15, 0.2) is 48.5 Å². The number of alkyl halides is 3. The maximum atomic E-state index is 13.1. The van der Waals surface area contributed by atoms with Gasteiger partial charge in [0.2, 0.25) is 5.91 Å². The van der Waals surface area contributed by atoms with Crippen molar-refractivity contribution in [2.75, 3.05) is 38.0 Å². The molecule has 170 valence electrons. The van der Waals surface area contributed by atoms with Crippen molar-refractivity contribution >= 4 is 17.6 Å². The fourth-order valence-corrected chi connectivity index (χ4v) is 4.29. The SMILES string of the molecule is O=C(CN1CCN(C(=O)N[C@H]2CCc3ccccc32)CC1)Nc1ccccc1C(F)(F)F. The zero-order chi connectivity index (χ0) is 22.7. The van der Waals surface area contributed by atoms with Crippen LogP contribution in [0.2, 0.25) is 0 Å². The van der Waals surface area contributed by atoms with Gasteiger partial charge in [0.25, 0.3) is 0 Å². The van der Waals surface area contributed by atoms with Gasteiger partial charge >= 0.3 is 12.2 Å². The van der Waals surface area contributed by atoms with Crippen molar-refractivity contribution in [2.24, 2.45) is 0 Å². The lowest BCUT2D eigenvalue weighted by Crippen LogP contribution is -2.53. The van der Waals surface area contributed by atoms with Gasteiger partial charge in [0.1, 0.15) is 0 Å². The van der Waals surface area contributed by atoms with E-state index in [1.165, 1.54) is 23.8 Å². The Hall–Kier alpha value is -3.07. The highest BCUT2D eigenvalue weighted by Gasteiger charge is 2.34. The van der Waals surface area contributed by atoms with Gasteiger partial charge in [-0.15, -0.1) is 0 Å². The van der Waals surface area contributed by atoms with E-state index in [1.807, 2.05) is 23.1 Å². The van der Waals surface area contributed by atoms with E-state index in [0.29, 0.717) is 26.2 Å². The minimum atomic E-state index is -4.54. The van der Waals surface area contributed by atoms with Gasteiger partial charge in [-0.1, -0.05) is 36.4 Å². The van der Waals surface area contributed by atoms with E-state index in [0.717, 1.165) is 24.5 Å². The molecule has 1 fully saturated rings. The Labute approximate surface area is 184 Å². The van der Waals surface area contributed by atoms with E-state index >= 15 is 0 Å². The number of rotatable bonds is 4. The number of hydrogen-bond donors (Lipinski definition) is 2. The second-order valence-electron chi connectivity index (χ2n) is 8.09. The quantitative estimate of drug-likeness (QED) is 0.754. The molecule has 2 aromatic rings. The first-order valence-electron chi connectivity index (χ1n) is 10.6. The first kappa shape index (κ1) is 22.1. The molecule has 0 saturated carbocycles. The molecular weight excluding hydrogens is 421 g/mol. The molecule has 1 heterocycles. The fraction of sp³-hybridized carbons (Fsp3) is 0.391. The number of benzene rings is 2.